The van der Waals surface area contributed by atoms with Crippen LogP contribution in [0.3, 0.4) is 0 Å². The summed E-state index contributed by atoms with van der Waals surface area (Å²) in [4.78, 5) is 36.6. The second kappa shape index (κ2) is 9.20. The number of hydrogen-bond acceptors (Lipinski definition) is 9. The first-order valence-corrected chi connectivity index (χ1v) is 11.3. The lowest BCUT2D eigenvalue weighted by molar-refractivity contribution is -0.159. The van der Waals surface area contributed by atoms with Crippen molar-refractivity contribution in [1.82, 2.24) is 19.5 Å². The number of aryl methyl sites for hydroxylation is 1. The number of hydrogen-bond donors (Lipinski definition) is 1. The normalized spacial score (nSPS) is 28.2. The van der Waals surface area contributed by atoms with E-state index in [9.17, 15) is 9.59 Å². The predicted molar refractivity (Wildman–Crippen MR) is 116 cm³/mol. The van der Waals surface area contributed by atoms with Crippen molar-refractivity contribution in [2.24, 2.45) is 5.92 Å². The second-order valence-electron chi connectivity index (χ2n) is 9.09. The van der Waals surface area contributed by atoms with Crippen molar-refractivity contribution in [2.75, 3.05) is 12.3 Å². The van der Waals surface area contributed by atoms with E-state index in [1.54, 1.807) is 6.92 Å². The van der Waals surface area contributed by atoms with E-state index in [0.29, 0.717) is 29.2 Å². The zero-order chi connectivity index (χ0) is 23.8. The number of nitrogens with zero attached hydrogens (tertiary/aromatic N) is 4. The topological polar surface area (TPSA) is 131 Å². The first-order chi connectivity index (χ1) is 15.7. The Balaban J connectivity index is 1.54. The molecule has 1 saturated carbocycles. The molecule has 1 saturated heterocycles. The third-order valence-electron chi connectivity index (χ3n) is 6.43. The number of fused-ring (bicyclic) bond motifs is 1. The Hall–Kier alpha value is -2.82. The maximum atomic E-state index is 16.1. The van der Waals surface area contributed by atoms with Gasteiger partial charge in [0.25, 0.3) is 0 Å². The summed E-state index contributed by atoms with van der Waals surface area (Å²) in [6.07, 6.45) is 3.63. The highest BCUT2D eigenvalue weighted by molar-refractivity contribution is 5.74. The zero-order valence-electron chi connectivity index (χ0n) is 19.1. The summed E-state index contributed by atoms with van der Waals surface area (Å²) >= 11 is 0. The minimum atomic E-state index is -2.16. The molecule has 180 valence electrons. The number of imidazole rings is 1. The van der Waals surface area contributed by atoms with Gasteiger partial charge in [0.05, 0.1) is 12.0 Å². The molecule has 4 rings (SSSR count). The number of anilines is 1. The van der Waals surface area contributed by atoms with Gasteiger partial charge in [0.2, 0.25) is 5.95 Å². The standard InChI is InChI=1S/C22H30FN5O5/c1-12-17-19(27-21(24)26-12)28(11-25-17)20-22(3,23)18(32-13(2)29)15(33-20)10-31-16(30)9-14-7-5-4-6-8-14/h11,14-15,18,20H,4-10H2,1-3H3,(H2,24,26,27)/t15-,18-,20-,22-/m1/s1. The molecular formula is C22H30FN5O5. The predicted octanol–water partition coefficient (Wildman–Crippen LogP) is 2.79. The van der Waals surface area contributed by atoms with Gasteiger partial charge in [-0.1, -0.05) is 19.3 Å². The van der Waals surface area contributed by atoms with Crippen molar-refractivity contribution in [3.63, 3.8) is 0 Å². The van der Waals surface area contributed by atoms with Crippen LogP contribution in [-0.2, 0) is 23.8 Å². The smallest absolute Gasteiger partial charge is 0.306 e. The fraction of sp³-hybridized carbons (Fsp3) is 0.682. The summed E-state index contributed by atoms with van der Waals surface area (Å²) in [7, 11) is 0. The lowest BCUT2D eigenvalue weighted by Gasteiger charge is -2.27. The summed E-state index contributed by atoms with van der Waals surface area (Å²) in [6.45, 7) is 3.96. The van der Waals surface area contributed by atoms with Crippen LogP contribution in [0, 0.1) is 12.8 Å². The fourth-order valence-corrected chi connectivity index (χ4v) is 4.82. The number of ether oxygens (including phenoxy) is 3. The maximum absolute atomic E-state index is 16.1. The molecule has 2 aromatic heterocycles. The average molecular weight is 464 g/mol. The molecule has 2 fully saturated rings. The molecule has 0 spiro atoms. The number of esters is 2. The van der Waals surface area contributed by atoms with Gasteiger partial charge in [0, 0.05) is 13.3 Å². The van der Waals surface area contributed by atoms with E-state index in [4.69, 9.17) is 19.9 Å². The summed E-state index contributed by atoms with van der Waals surface area (Å²) in [6, 6.07) is 0. The van der Waals surface area contributed by atoms with Gasteiger partial charge in [-0.3, -0.25) is 14.2 Å². The largest absolute Gasteiger partial charge is 0.463 e. The summed E-state index contributed by atoms with van der Waals surface area (Å²) in [5.74, 6) is -0.695. The van der Waals surface area contributed by atoms with Crippen molar-refractivity contribution in [2.45, 2.75) is 83.4 Å². The molecule has 33 heavy (non-hydrogen) atoms. The molecule has 3 heterocycles. The molecule has 2 aromatic rings. The van der Waals surface area contributed by atoms with Crippen LogP contribution in [0.5, 0.6) is 0 Å². The quantitative estimate of drug-likeness (QED) is 0.642. The monoisotopic (exact) mass is 463 g/mol. The van der Waals surface area contributed by atoms with Crippen LogP contribution in [-0.4, -0.2) is 55.9 Å². The van der Waals surface area contributed by atoms with Gasteiger partial charge in [-0.25, -0.2) is 14.4 Å². The maximum Gasteiger partial charge on any atom is 0.306 e. The van der Waals surface area contributed by atoms with Crippen LogP contribution < -0.4 is 5.73 Å². The second-order valence-corrected chi connectivity index (χ2v) is 9.09. The molecule has 11 heteroatoms. The first kappa shape index (κ1) is 23.3. The zero-order valence-corrected chi connectivity index (χ0v) is 19.1. The van der Waals surface area contributed by atoms with Crippen LogP contribution in [0.1, 0.15) is 64.3 Å². The number of carbonyl (C=O) groups is 2. The molecule has 0 bridgehead atoms. The molecule has 2 N–H and O–H groups in total. The first-order valence-electron chi connectivity index (χ1n) is 11.3. The number of nitrogen functional groups attached to an aromatic ring is 1. The van der Waals surface area contributed by atoms with E-state index >= 15 is 4.39 Å². The van der Waals surface area contributed by atoms with Crippen LogP contribution in [0.25, 0.3) is 11.2 Å². The van der Waals surface area contributed by atoms with E-state index in [0.717, 1.165) is 25.7 Å². The fourth-order valence-electron chi connectivity index (χ4n) is 4.82. The van der Waals surface area contributed by atoms with Gasteiger partial charge in [-0.15, -0.1) is 0 Å². The van der Waals surface area contributed by atoms with Gasteiger partial charge < -0.3 is 19.9 Å². The van der Waals surface area contributed by atoms with Crippen LogP contribution in [0.2, 0.25) is 0 Å². The summed E-state index contributed by atoms with van der Waals surface area (Å²) in [5.41, 5.74) is 4.90. The lowest BCUT2D eigenvalue weighted by atomic mass is 9.87. The molecule has 4 atom stereocenters. The molecule has 2 aliphatic rings. The molecule has 0 radical (unpaired) electrons. The van der Waals surface area contributed by atoms with Crippen molar-refractivity contribution < 1.29 is 28.2 Å². The van der Waals surface area contributed by atoms with Gasteiger partial charge in [-0.2, -0.15) is 4.98 Å². The molecule has 0 amide bonds. The molecule has 1 aliphatic carbocycles. The highest BCUT2D eigenvalue weighted by atomic mass is 19.1. The SMILES string of the molecule is CC(=O)O[C@@H]1[C@@H](COC(=O)CC2CCCCC2)O[C@@H](n2cnc3c(C)nc(N)nc32)[C@]1(C)F. The molecule has 0 unspecified atom stereocenters. The Kier molecular flexibility index (Phi) is 6.51. The Morgan fingerprint density at radius 2 is 2.03 bits per heavy atom. The highest BCUT2D eigenvalue weighted by Crippen LogP contribution is 2.44. The summed E-state index contributed by atoms with van der Waals surface area (Å²) in [5, 5.41) is 0. The third-order valence-corrected chi connectivity index (χ3v) is 6.43. The van der Waals surface area contributed by atoms with E-state index in [1.165, 1.54) is 31.2 Å². The van der Waals surface area contributed by atoms with Crippen LogP contribution in [0.4, 0.5) is 10.3 Å². The molecule has 1 aliphatic heterocycles. The Morgan fingerprint density at radius 1 is 1.30 bits per heavy atom. The Morgan fingerprint density at radius 3 is 2.73 bits per heavy atom. The van der Waals surface area contributed by atoms with Crippen molar-refractivity contribution in [1.29, 1.82) is 0 Å². The molecular weight excluding hydrogens is 433 g/mol. The van der Waals surface area contributed by atoms with Gasteiger partial charge in [0.15, 0.2) is 23.6 Å². The summed E-state index contributed by atoms with van der Waals surface area (Å²) < 4.78 is 34.2. The Bertz CT molecular complexity index is 1040. The van der Waals surface area contributed by atoms with Crippen molar-refractivity contribution in [3.05, 3.63) is 12.0 Å². The Labute approximate surface area is 191 Å². The molecule has 0 aromatic carbocycles. The lowest BCUT2D eigenvalue weighted by Crippen LogP contribution is -2.44. The van der Waals surface area contributed by atoms with Gasteiger partial charge in [-0.05, 0) is 32.6 Å². The van der Waals surface area contributed by atoms with Crippen LogP contribution in [0.15, 0.2) is 6.33 Å². The van der Waals surface area contributed by atoms with Crippen molar-refractivity contribution >= 4 is 29.1 Å². The van der Waals surface area contributed by atoms with E-state index in [2.05, 4.69) is 15.0 Å². The number of nitrogens with two attached hydrogens (primary N) is 1. The number of alkyl halides is 1. The third kappa shape index (κ3) is 4.78. The van der Waals surface area contributed by atoms with Gasteiger partial charge >= 0.3 is 11.9 Å². The van der Waals surface area contributed by atoms with Crippen molar-refractivity contribution in [3.8, 4) is 0 Å². The van der Waals surface area contributed by atoms with Gasteiger partial charge in [0.1, 0.15) is 18.2 Å². The molecule has 10 nitrogen and oxygen atoms in total. The highest BCUT2D eigenvalue weighted by Gasteiger charge is 2.58. The number of aromatic nitrogens is 4. The average Bonchev–Trinajstić information content (AvgIpc) is 3.26. The number of halogens is 1. The van der Waals surface area contributed by atoms with Crippen LogP contribution >= 0.6 is 0 Å². The number of rotatable bonds is 6. The minimum absolute atomic E-state index is 0.0186. The minimum Gasteiger partial charge on any atom is -0.463 e. The van der Waals surface area contributed by atoms with E-state index < -0.39 is 30.1 Å². The van der Waals surface area contributed by atoms with E-state index in [1.807, 2.05) is 0 Å². The van der Waals surface area contributed by atoms with E-state index in [-0.39, 0.29) is 18.5 Å². The number of carbonyl (C=O) groups excluding carboxylic acids is 2.